The predicted molar refractivity (Wildman–Crippen MR) is 100 cm³/mol. The number of ether oxygens (including phenoxy) is 1. The zero-order valence-electron chi connectivity index (χ0n) is 16.4. The van der Waals surface area contributed by atoms with Gasteiger partial charge in [0.05, 0.1) is 28.5 Å². The van der Waals surface area contributed by atoms with Crippen LogP contribution in [0.2, 0.25) is 0 Å². The van der Waals surface area contributed by atoms with Crippen molar-refractivity contribution in [3.05, 3.63) is 24.0 Å². The van der Waals surface area contributed by atoms with E-state index in [-0.39, 0.29) is 48.1 Å². The number of alkyl halides is 4. The van der Waals surface area contributed by atoms with Gasteiger partial charge in [-0.15, -0.1) is 0 Å². The first-order chi connectivity index (χ1) is 14.1. The first kappa shape index (κ1) is 21.0. The van der Waals surface area contributed by atoms with E-state index in [0.29, 0.717) is 12.8 Å². The summed E-state index contributed by atoms with van der Waals surface area (Å²) in [5.74, 6) is -0.121. The Morgan fingerprint density at radius 1 is 1.30 bits per heavy atom. The number of rotatable bonds is 5. The fourth-order valence-electron chi connectivity index (χ4n) is 4.36. The second-order valence-corrected chi connectivity index (χ2v) is 8.52. The van der Waals surface area contributed by atoms with Crippen molar-refractivity contribution < 1.29 is 32.2 Å². The molecule has 2 fully saturated rings. The molecule has 2 aliphatic rings. The van der Waals surface area contributed by atoms with E-state index in [1.54, 1.807) is 6.92 Å². The summed E-state index contributed by atoms with van der Waals surface area (Å²) in [7, 11) is 0. The van der Waals surface area contributed by atoms with Gasteiger partial charge in [0.15, 0.2) is 0 Å². The van der Waals surface area contributed by atoms with Crippen LogP contribution in [0.3, 0.4) is 0 Å². The molecule has 164 valence electrons. The summed E-state index contributed by atoms with van der Waals surface area (Å²) in [6.45, 7) is 0.895. The minimum absolute atomic E-state index is 0.0164. The van der Waals surface area contributed by atoms with Gasteiger partial charge in [-0.05, 0) is 25.8 Å². The highest BCUT2D eigenvalue weighted by Crippen LogP contribution is 2.45. The fraction of sp³-hybridized carbons (Fsp3) is 0.600. The van der Waals surface area contributed by atoms with Gasteiger partial charge in [0, 0.05) is 37.0 Å². The lowest BCUT2D eigenvalue weighted by molar-refractivity contribution is -0.136. The third-order valence-corrected chi connectivity index (χ3v) is 5.75. The van der Waals surface area contributed by atoms with Crippen molar-refractivity contribution in [2.45, 2.75) is 62.5 Å². The van der Waals surface area contributed by atoms with Crippen LogP contribution in [0.5, 0.6) is 5.75 Å². The molecular formula is C20H23F4N3O3. The summed E-state index contributed by atoms with van der Waals surface area (Å²) in [5.41, 5.74) is -1.65. The molecule has 2 N–H and O–H groups in total. The van der Waals surface area contributed by atoms with Crippen LogP contribution >= 0.6 is 0 Å². The van der Waals surface area contributed by atoms with Crippen LogP contribution in [0.15, 0.2) is 18.5 Å². The minimum Gasteiger partial charge on any atom is -0.492 e. The molecule has 1 saturated heterocycles. The summed E-state index contributed by atoms with van der Waals surface area (Å²) in [6, 6.07) is 1.03. The topological polar surface area (TPSA) is 76.4 Å². The van der Waals surface area contributed by atoms with Crippen molar-refractivity contribution in [2.75, 3.05) is 13.3 Å². The number of benzene rings is 1. The maximum absolute atomic E-state index is 13.8. The van der Waals surface area contributed by atoms with E-state index in [0.717, 1.165) is 6.07 Å². The van der Waals surface area contributed by atoms with E-state index in [1.807, 2.05) is 0 Å². The number of aliphatic hydroxyl groups is 1. The molecule has 2 atom stereocenters. The van der Waals surface area contributed by atoms with Crippen molar-refractivity contribution in [3.8, 4) is 5.75 Å². The summed E-state index contributed by atoms with van der Waals surface area (Å²) in [4.78, 5) is 15.8. The fourth-order valence-corrected chi connectivity index (χ4v) is 4.36. The third-order valence-electron chi connectivity index (χ3n) is 5.75. The molecule has 30 heavy (non-hydrogen) atoms. The Bertz CT molecular complexity index is 949. The van der Waals surface area contributed by atoms with E-state index >= 15 is 0 Å². The van der Waals surface area contributed by atoms with Gasteiger partial charge in [-0.1, -0.05) is 0 Å². The number of hydrogen-bond donors (Lipinski definition) is 2. The molecule has 0 spiro atoms. The molecule has 2 aromatic rings. The lowest BCUT2D eigenvalue weighted by atomic mass is 9.77. The van der Waals surface area contributed by atoms with Gasteiger partial charge in [-0.2, -0.15) is 13.2 Å². The zero-order valence-corrected chi connectivity index (χ0v) is 16.4. The average molecular weight is 429 g/mol. The maximum atomic E-state index is 13.8. The Labute approximate surface area is 170 Å². The van der Waals surface area contributed by atoms with Crippen LogP contribution in [0, 0.1) is 0 Å². The molecule has 1 saturated carbocycles. The summed E-state index contributed by atoms with van der Waals surface area (Å²) >= 11 is 0. The van der Waals surface area contributed by atoms with Gasteiger partial charge >= 0.3 is 6.18 Å². The molecular weight excluding hydrogens is 406 g/mol. The summed E-state index contributed by atoms with van der Waals surface area (Å²) in [5, 5.41) is 12.9. The van der Waals surface area contributed by atoms with Crippen molar-refractivity contribution in [2.24, 2.45) is 0 Å². The van der Waals surface area contributed by atoms with Crippen LogP contribution in [-0.2, 0) is 11.0 Å². The van der Waals surface area contributed by atoms with E-state index in [2.05, 4.69) is 10.3 Å². The lowest BCUT2D eigenvalue weighted by Crippen LogP contribution is -2.49. The SMILES string of the molecule is CC1(O)CC(n2cnc3cc(OC[C@@H]4CC(=O)C[C@H](CF)N4)cc(C(F)(F)F)c32)C1. The van der Waals surface area contributed by atoms with Gasteiger partial charge < -0.3 is 19.7 Å². The second-order valence-electron chi connectivity index (χ2n) is 8.52. The highest BCUT2D eigenvalue weighted by Gasteiger charge is 2.42. The molecule has 0 amide bonds. The first-order valence-electron chi connectivity index (χ1n) is 9.82. The normalized spacial score (nSPS) is 29.8. The highest BCUT2D eigenvalue weighted by molar-refractivity contribution is 5.82. The number of piperidine rings is 1. The number of aromatic nitrogens is 2. The van der Waals surface area contributed by atoms with Crippen molar-refractivity contribution in [1.29, 1.82) is 0 Å². The van der Waals surface area contributed by atoms with E-state index in [4.69, 9.17) is 4.74 Å². The third kappa shape index (κ3) is 4.15. The smallest absolute Gasteiger partial charge is 0.418 e. The Morgan fingerprint density at radius 3 is 2.63 bits per heavy atom. The molecule has 6 nitrogen and oxygen atoms in total. The Kier molecular flexibility index (Phi) is 5.26. The molecule has 0 bridgehead atoms. The number of Topliss-reactive ketones (excluding diaryl/α,β-unsaturated/α-hetero) is 1. The van der Waals surface area contributed by atoms with Crippen molar-refractivity contribution >= 4 is 16.8 Å². The summed E-state index contributed by atoms with van der Waals surface area (Å²) < 4.78 is 61.3. The van der Waals surface area contributed by atoms with Crippen LogP contribution in [0.25, 0.3) is 11.0 Å². The number of nitrogens with one attached hydrogen (secondary N) is 1. The van der Waals surface area contributed by atoms with Crippen LogP contribution in [0.4, 0.5) is 17.6 Å². The molecule has 1 aromatic carbocycles. The molecule has 4 rings (SSSR count). The number of imidazole rings is 1. The molecule has 0 radical (unpaired) electrons. The predicted octanol–water partition coefficient (Wildman–Crippen LogP) is 3.18. The quantitative estimate of drug-likeness (QED) is 0.714. The number of halogens is 4. The average Bonchev–Trinajstić information content (AvgIpc) is 3.06. The molecule has 2 heterocycles. The number of ketones is 1. The van der Waals surface area contributed by atoms with Gasteiger partial charge in [-0.3, -0.25) is 4.79 Å². The van der Waals surface area contributed by atoms with Crippen LogP contribution < -0.4 is 10.1 Å². The van der Waals surface area contributed by atoms with Gasteiger partial charge in [-0.25, -0.2) is 9.37 Å². The molecule has 1 aromatic heterocycles. The zero-order chi connectivity index (χ0) is 21.7. The van der Waals surface area contributed by atoms with Gasteiger partial charge in [0.25, 0.3) is 0 Å². The van der Waals surface area contributed by atoms with E-state index in [1.165, 1.54) is 17.0 Å². The number of carbonyl (C=O) groups excluding carboxylic acids is 1. The Hall–Kier alpha value is -2.20. The number of nitrogens with zero attached hydrogens (tertiary/aromatic N) is 2. The molecule has 0 unspecified atom stereocenters. The van der Waals surface area contributed by atoms with Crippen LogP contribution in [-0.4, -0.2) is 51.4 Å². The first-order valence-corrected chi connectivity index (χ1v) is 9.82. The van der Waals surface area contributed by atoms with E-state index < -0.39 is 36.1 Å². The standard InChI is InChI=1S/C20H23F4N3O3/c1-19(29)6-13(7-19)27-10-25-17-5-15(4-16(18(17)27)20(22,23)24)30-9-12-3-14(28)2-11(8-21)26-12/h4-5,10-13,26,29H,2-3,6-9H2,1H3/t11-,12+,13?,19?/m1/s1. The number of hydrogen-bond acceptors (Lipinski definition) is 5. The highest BCUT2D eigenvalue weighted by atomic mass is 19.4. The van der Waals surface area contributed by atoms with E-state index in [9.17, 15) is 27.5 Å². The minimum atomic E-state index is -4.62. The monoisotopic (exact) mass is 429 g/mol. The second kappa shape index (κ2) is 7.49. The largest absolute Gasteiger partial charge is 0.492 e. The lowest BCUT2D eigenvalue weighted by Gasteiger charge is -2.41. The van der Waals surface area contributed by atoms with Gasteiger partial charge in [0.1, 0.15) is 24.8 Å². The Balaban J connectivity index is 1.59. The van der Waals surface area contributed by atoms with Crippen LogP contribution in [0.1, 0.15) is 44.2 Å². The molecule has 10 heteroatoms. The maximum Gasteiger partial charge on any atom is 0.418 e. The molecule has 1 aliphatic heterocycles. The van der Waals surface area contributed by atoms with Crippen molar-refractivity contribution in [1.82, 2.24) is 14.9 Å². The Morgan fingerprint density at radius 2 is 2.00 bits per heavy atom. The molecule has 1 aliphatic carbocycles. The van der Waals surface area contributed by atoms with Gasteiger partial charge in [0.2, 0.25) is 0 Å². The number of fused-ring (bicyclic) bond motifs is 1. The summed E-state index contributed by atoms with van der Waals surface area (Å²) in [6.07, 6.45) is -2.32. The number of carbonyl (C=O) groups is 1. The van der Waals surface area contributed by atoms with Crippen molar-refractivity contribution in [3.63, 3.8) is 0 Å².